The number of amides is 1. The fourth-order valence-corrected chi connectivity index (χ4v) is 4.21. The van der Waals surface area contributed by atoms with Crippen LogP contribution in [0.1, 0.15) is 43.1 Å². The van der Waals surface area contributed by atoms with Gasteiger partial charge in [0.25, 0.3) is 5.91 Å². The highest BCUT2D eigenvalue weighted by atomic mass is 32.2. The standard InChI is InChI=1S/C17H26N2O4S/c1-12(2)23-9-5-8-18-17(20)14-6-7-16-15(11-14)10-13(3)19(16)24(4,21)22/h6-7,11-13H,5,8-10H2,1-4H3,(H,18,20)/t13-/m1/s1. The molecule has 134 valence electrons. The van der Waals surface area contributed by atoms with Crippen LogP contribution in [0.4, 0.5) is 5.69 Å². The number of ether oxygens (including phenoxy) is 1. The van der Waals surface area contributed by atoms with E-state index in [1.165, 1.54) is 10.6 Å². The Labute approximate surface area is 144 Å². The van der Waals surface area contributed by atoms with E-state index in [0.29, 0.717) is 30.8 Å². The van der Waals surface area contributed by atoms with Gasteiger partial charge in [-0.15, -0.1) is 0 Å². The molecule has 0 saturated carbocycles. The average molecular weight is 354 g/mol. The Morgan fingerprint density at radius 2 is 2.12 bits per heavy atom. The third kappa shape index (κ3) is 4.48. The first-order valence-electron chi connectivity index (χ1n) is 8.22. The van der Waals surface area contributed by atoms with E-state index in [-0.39, 0.29) is 18.1 Å². The highest BCUT2D eigenvalue weighted by Crippen LogP contribution is 2.34. The second kappa shape index (κ2) is 7.53. The van der Waals surface area contributed by atoms with Crippen molar-refractivity contribution in [3.8, 4) is 0 Å². The summed E-state index contributed by atoms with van der Waals surface area (Å²) < 4.78 is 30.7. The molecule has 0 radical (unpaired) electrons. The molecule has 1 aromatic rings. The number of hydrogen-bond acceptors (Lipinski definition) is 4. The van der Waals surface area contributed by atoms with Gasteiger partial charge in [0.1, 0.15) is 0 Å². The third-order valence-corrected chi connectivity index (χ3v) is 5.18. The van der Waals surface area contributed by atoms with Crippen LogP contribution in [-0.2, 0) is 21.2 Å². The highest BCUT2D eigenvalue weighted by Gasteiger charge is 2.32. The monoisotopic (exact) mass is 354 g/mol. The van der Waals surface area contributed by atoms with Gasteiger partial charge in [-0.1, -0.05) is 0 Å². The Hall–Kier alpha value is -1.60. The zero-order valence-electron chi connectivity index (χ0n) is 14.7. The molecule has 0 aliphatic carbocycles. The Morgan fingerprint density at radius 3 is 2.75 bits per heavy atom. The molecule has 0 saturated heterocycles. The van der Waals surface area contributed by atoms with E-state index in [2.05, 4.69) is 5.32 Å². The Bertz CT molecular complexity index is 701. The van der Waals surface area contributed by atoms with Crippen molar-refractivity contribution in [3.05, 3.63) is 29.3 Å². The van der Waals surface area contributed by atoms with Crippen LogP contribution in [0.5, 0.6) is 0 Å². The second-order valence-corrected chi connectivity index (χ2v) is 8.34. The molecule has 6 nitrogen and oxygen atoms in total. The third-order valence-electron chi connectivity index (χ3n) is 3.91. The van der Waals surface area contributed by atoms with Gasteiger partial charge in [-0.05, 0) is 57.4 Å². The van der Waals surface area contributed by atoms with E-state index in [1.54, 1.807) is 18.2 Å². The van der Waals surface area contributed by atoms with Gasteiger partial charge in [0.15, 0.2) is 0 Å². The van der Waals surface area contributed by atoms with E-state index in [9.17, 15) is 13.2 Å². The number of carbonyl (C=O) groups excluding carboxylic acids is 1. The van der Waals surface area contributed by atoms with Crippen molar-refractivity contribution in [1.82, 2.24) is 5.32 Å². The smallest absolute Gasteiger partial charge is 0.251 e. The lowest BCUT2D eigenvalue weighted by atomic mass is 10.1. The molecule has 2 rings (SSSR count). The maximum atomic E-state index is 12.2. The Morgan fingerprint density at radius 1 is 1.42 bits per heavy atom. The molecule has 1 amide bonds. The van der Waals surface area contributed by atoms with Crippen molar-refractivity contribution in [1.29, 1.82) is 0 Å². The molecule has 7 heteroatoms. The average Bonchev–Trinajstić information content (AvgIpc) is 2.80. The molecule has 1 heterocycles. The van der Waals surface area contributed by atoms with Crippen LogP contribution in [0.15, 0.2) is 18.2 Å². The van der Waals surface area contributed by atoms with Crippen LogP contribution in [-0.4, -0.2) is 45.9 Å². The first-order chi connectivity index (χ1) is 11.2. The summed E-state index contributed by atoms with van der Waals surface area (Å²) in [6, 6.07) is 5.06. The fourth-order valence-electron chi connectivity index (χ4n) is 2.94. The normalized spacial score (nSPS) is 17.2. The van der Waals surface area contributed by atoms with Crippen LogP contribution in [0, 0.1) is 0 Å². The van der Waals surface area contributed by atoms with Crippen molar-refractivity contribution < 1.29 is 17.9 Å². The van der Waals surface area contributed by atoms with Crippen molar-refractivity contribution in [2.45, 2.75) is 45.8 Å². The maximum Gasteiger partial charge on any atom is 0.251 e. The quantitative estimate of drug-likeness (QED) is 0.759. The highest BCUT2D eigenvalue weighted by molar-refractivity contribution is 7.92. The predicted molar refractivity (Wildman–Crippen MR) is 95.0 cm³/mol. The predicted octanol–water partition coefficient (Wildman–Crippen LogP) is 1.94. The number of benzene rings is 1. The fraction of sp³-hybridized carbons (Fsp3) is 0.588. The minimum Gasteiger partial charge on any atom is -0.379 e. The van der Waals surface area contributed by atoms with E-state index < -0.39 is 10.0 Å². The molecule has 1 aliphatic rings. The summed E-state index contributed by atoms with van der Waals surface area (Å²) in [6.45, 7) is 6.99. The molecule has 0 aromatic heterocycles. The number of nitrogens with one attached hydrogen (secondary N) is 1. The second-order valence-electron chi connectivity index (χ2n) is 6.48. The van der Waals surface area contributed by atoms with Crippen LogP contribution < -0.4 is 9.62 Å². The van der Waals surface area contributed by atoms with Gasteiger partial charge >= 0.3 is 0 Å². The first kappa shape index (κ1) is 18.7. The topological polar surface area (TPSA) is 75.7 Å². The number of fused-ring (bicyclic) bond motifs is 1. The number of sulfonamides is 1. The summed E-state index contributed by atoms with van der Waals surface area (Å²) in [5, 5.41) is 2.87. The minimum absolute atomic E-state index is 0.124. The molecule has 0 bridgehead atoms. The number of hydrogen-bond donors (Lipinski definition) is 1. The van der Waals surface area contributed by atoms with E-state index in [0.717, 1.165) is 12.0 Å². The maximum absolute atomic E-state index is 12.2. The van der Waals surface area contributed by atoms with Gasteiger partial charge in [-0.25, -0.2) is 8.42 Å². The molecule has 24 heavy (non-hydrogen) atoms. The van der Waals surface area contributed by atoms with Crippen molar-refractivity contribution in [2.75, 3.05) is 23.7 Å². The minimum atomic E-state index is -3.31. The Balaban J connectivity index is 2.00. The summed E-state index contributed by atoms with van der Waals surface area (Å²) in [5.41, 5.74) is 2.12. The zero-order valence-corrected chi connectivity index (χ0v) is 15.5. The van der Waals surface area contributed by atoms with Crippen LogP contribution in [0.25, 0.3) is 0 Å². The lowest BCUT2D eigenvalue weighted by molar-refractivity contribution is 0.0757. The van der Waals surface area contributed by atoms with Crippen molar-refractivity contribution in [2.24, 2.45) is 0 Å². The molecule has 1 N–H and O–H groups in total. The van der Waals surface area contributed by atoms with Gasteiger partial charge in [0, 0.05) is 24.8 Å². The van der Waals surface area contributed by atoms with Gasteiger partial charge in [0.05, 0.1) is 18.0 Å². The molecule has 0 fully saturated rings. The van der Waals surface area contributed by atoms with E-state index >= 15 is 0 Å². The lowest BCUT2D eigenvalue weighted by Crippen LogP contribution is -2.34. The molecule has 0 unspecified atom stereocenters. The van der Waals surface area contributed by atoms with Gasteiger partial charge in [0.2, 0.25) is 10.0 Å². The van der Waals surface area contributed by atoms with Gasteiger partial charge in [-0.2, -0.15) is 0 Å². The number of carbonyl (C=O) groups is 1. The van der Waals surface area contributed by atoms with Crippen LogP contribution >= 0.6 is 0 Å². The van der Waals surface area contributed by atoms with Crippen LogP contribution in [0.2, 0.25) is 0 Å². The number of nitrogens with zero attached hydrogens (tertiary/aromatic N) is 1. The summed E-state index contributed by atoms with van der Waals surface area (Å²) in [4.78, 5) is 12.2. The van der Waals surface area contributed by atoms with E-state index in [1.807, 2.05) is 20.8 Å². The molecule has 1 aromatic carbocycles. The molecule has 1 aliphatic heterocycles. The molecule has 1 atom stereocenters. The largest absolute Gasteiger partial charge is 0.379 e. The molecular weight excluding hydrogens is 328 g/mol. The molecule has 0 spiro atoms. The van der Waals surface area contributed by atoms with Crippen molar-refractivity contribution in [3.63, 3.8) is 0 Å². The summed E-state index contributed by atoms with van der Waals surface area (Å²) in [7, 11) is -3.31. The number of anilines is 1. The van der Waals surface area contributed by atoms with Gasteiger partial charge < -0.3 is 10.1 Å². The zero-order chi connectivity index (χ0) is 17.9. The summed E-state index contributed by atoms with van der Waals surface area (Å²) in [5.74, 6) is -0.146. The van der Waals surface area contributed by atoms with Gasteiger partial charge in [-0.3, -0.25) is 9.10 Å². The van der Waals surface area contributed by atoms with Crippen molar-refractivity contribution >= 4 is 21.6 Å². The first-order valence-corrected chi connectivity index (χ1v) is 10.1. The molecular formula is C17H26N2O4S. The summed E-state index contributed by atoms with van der Waals surface area (Å²) in [6.07, 6.45) is 2.77. The summed E-state index contributed by atoms with van der Waals surface area (Å²) >= 11 is 0. The Kier molecular flexibility index (Phi) is 5.87. The lowest BCUT2D eigenvalue weighted by Gasteiger charge is -2.21. The van der Waals surface area contributed by atoms with E-state index in [4.69, 9.17) is 4.74 Å². The number of rotatable bonds is 7. The SMILES string of the molecule is CC(C)OCCCNC(=O)c1ccc2c(c1)C[C@@H](C)N2S(C)(=O)=O. The van der Waals surface area contributed by atoms with Crippen LogP contribution in [0.3, 0.4) is 0 Å².